The van der Waals surface area contributed by atoms with E-state index < -0.39 is 5.97 Å². The van der Waals surface area contributed by atoms with Crippen LogP contribution in [0.25, 0.3) is 0 Å². The molecule has 2 rings (SSSR count). The lowest BCUT2D eigenvalue weighted by Gasteiger charge is -2.30. The summed E-state index contributed by atoms with van der Waals surface area (Å²) >= 11 is 0. The molecule has 1 heterocycles. The molecule has 0 saturated carbocycles. The van der Waals surface area contributed by atoms with Gasteiger partial charge in [0, 0.05) is 18.4 Å². The van der Waals surface area contributed by atoms with E-state index in [0.29, 0.717) is 0 Å². The normalized spacial score (nSPS) is 12.1. The monoisotopic (exact) mass is 354 g/mol. The van der Waals surface area contributed by atoms with Crippen LogP contribution in [0.4, 0.5) is 11.5 Å². The van der Waals surface area contributed by atoms with Gasteiger partial charge in [-0.15, -0.1) is 0 Å². The van der Waals surface area contributed by atoms with Crippen molar-refractivity contribution in [2.24, 2.45) is 0 Å². The first-order valence-electron chi connectivity index (χ1n) is 9.06. The molecule has 0 aliphatic rings. The summed E-state index contributed by atoms with van der Waals surface area (Å²) in [5.41, 5.74) is 3.91. The minimum Gasteiger partial charge on any atom is -0.478 e. The van der Waals surface area contributed by atoms with Crippen molar-refractivity contribution in [1.82, 2.24) is 4.98 Å². The van der Waals surface area contributed by atoms with Crippen molar-refractivity contribution in [2.75, 3.05) is 11.4 Å². The number of hydrogen-bond donors (Lipinski definition) is 1. The first kappa shape index (κ1) is 20.0. The number of rotatable bonds is 4. The Kier molecular flexibility index (Phi) is 5.45. The summed E-state index contributed by atoms with van der Waals surface area (Å²) in [7, 11) is 0. The molecule has 0 saturated heterocycles. The first-order valence-corrected chi connectivity index (χ1v) is 9.06. The summed E-state index contributed by atoms with van der Waals surface area (Å²) in [4.78, 5) is 17.6. The summed E-state index contributed by atoms with van der Waals surface area (Å²) in [6.07, 6.45) is 1.42. The van der Waals surface area contributed by atoms with Gasteiger partial charge in [-0.2, -0.15) is 0 Å². The standard InChI is InChI=1S/C22H30N2O2/c1-8-24(19-10-9-15(14-23-19)20(25)26)18-12-16(21(2,3)4)11-17(13-18)22(5,6)7/h9-14H,8H2,1-7H3,(H,25,26). The Bertz CT molecular complexity index is 749. The lowest BCUT2D eigenvalue weighted by Crippen LogP contribution is -2.22. The number of hydrogen-bond acceptors (Lipinski definition) is 3. The van der Waals surface area contributed by atoms with E-state index in [1.807, 2.05) is 0 Å². The molecule has 0 atom stereocenters. The van der Waals surface area contributed by atoms with E-state index in [9.17, 15) is 4.79 Å². The predicted octanol–water partition coefficient (Wildman–Crippen LogP) is 5.53. The number of carboxylic acid groups (broad SMARTS) is 1. The van der Waals surface area contributed by atoms with Crippen LogP contribution in [-0.4, -0.2) is 22.6 Å². The third-order valence-electron chi connectivity index (χ3n) is 4.55. The van der Waals surface area contributed by atoms with Gasteiger partial charge in [0.15, 0.2) is 0 Å². The number of carboxylic acids is 1. The molecule has 26 heavy (non-hydrogen) atoms. The highest BCUT2D eigenvalue weighted by Crippen LogP contribution is 2.35. The van der Waals surface area contributed by atoms with Gasteiger partial charge in [-0.25, -0.2) is 9.78 Å². The zero-order valence-electron chi connectivity index (χ0n) is 16.9. The van der Waals surface area contributed by atoms with Crippen molar-refractivity contribution >= 4 is 17.5 Å². The SMILES string of the molecule is CCN(c1cc(C(C)(C)C)cc(C(C)(C)C)c1)c1ccc(C(=O)O)cn1. The molecular weight excluding hydrogens is 324 g/mol. The zero-order chi connectivity index (χ0) is 19.7. The Morgan fingerprint density at radius 3 is 1.88 bits per heavy atom. The van der Waals surface area contributed by atoms with Gasteiger partial charge in [0.1, 0.15) is 5.82 Å². The third kappa shape index (κ3) is 4.43. The molecule has 2 aromatic rings. The van der Waals surface area contributed by atoms with Crippen molar-refractivity contribution in [3.63, 3.8) is 0 Å². The number of aromatic carboxylic acids is 1. The molecule has 0 spiro atoms. The number of carbonyl (C=O) groups is 1. The molecule has 0 bridgehead atoms. The Balaban J connectivity index is 2.57. The minimum atomic E-state index is -0.961. The summed E-state index contributed by atoms with van der Waals surface area (Å²) in [5, 5.41) is 9.09. The maximum Gasteiger partial charge on any atom is 0.337 e. The van der Waals surface area contributed by atoms with Crippen LogP contribution < -0.4 is 4.90 Å². The van der Waals surface area contributed by atoms with Gasteiger partial charge in [0.2, 0.25) is 0 Å². The van der Waals surface area contributed by atoms with Gasteiger partial charge < -0.3 is 10.0 Å². The fourth-order valence-electron chi connectivity index (χ4n) is 2.78. The average Bonchev–Trinajstić information content (AvgIpc) is 2.54. The van der Waals surface area contributed by atoms with Crippen LogP contribution in [0.1, 0.15) is 70.0 Å². The topological polar surface area (TPSA) is 53.4 Å². The Hall–Kier alpha value is -2.36. The molecule has 0 radical (unpaired) electrons. The maximum absolute atomic E-state index is 11.1. The molecule has 0 amide bonds. The smallest absolute Gasteiger partial charge is 0.337 e. The third-order valence-corrected chi connectivity index (χ3v) is 4.55. The summed E-state index contributed by atoms with van der Waals surface area (Å²) in [5.74, 6) is -0.208. The van der Waals surface area contributed by atoms with E-state index in [-0.39, 0.29) is 16.4 Å². The molecular formula is C22H30N2O2. The Labute approximate surface area is 156 Å². The van der Waals surface area contributed by atoms with E-state index in [1.54, 1.807) is 12.1 Å². The highest BCUT2D eigenvalue weighted by molar-refractivity contribution is 5.87. The average molecular weight is 354 g/mol. The second-order valence-electron chi connectivity index (χ2n) is 8.72. The quantitative estimate of drug-likeness (QED) is 0.784. The van der Waals surface area contributed by atoms with Gasteiger partial charge in [-0.1, -0.05) is 47.6 Å². The van der Waals surface area contributed by atoms with E-state index in [1.165, 1.54) is 17.3 Å². The molecule has 1 N–H and O–H groups in total. The van der Waals surface area contributed by atoms with Gasteiger partial charge in [0.25, 0.3) is 0 Å². The van der Waals surface area contributed by atoms with Gasteiger partial charge in [-0.05, 0) is 53.1 Å². The molecule has 4 nitrogen and oxygen atoms in total. The van der Waals surface area contributed by atoms with E-state index in [0.717, 1.165) is 18.1 Å². The van der Waals surface area contributed by atoms with Crippen LogP contribution in [0, 0.1) is 0 Å². The number of pyridine rings is 1. The molecule has 0 unspecified atom stereocenters. The molecule has 0 aliphatic carbocycles. The molecule has 1 aromatic carbocycles. The Morgan fingerprint density at radius 1 is 1.00 bits per heavy atom. The van der Waals surface area contributed by atoms with E-state index in [4.69, 9.17) is 5.11 Å². The second-order valence-corrected chi connectivity index (χ2v) is 8.72. The summed E-state index contributed by atoms with van der Waals surface area (Å²) in [6, 6.07) is 10.1. The van der Waals surface area contributed by atoms with E-state index >= 15 is 0 Å². The molecule has 140 valence electrons. The number of anilines is 2. The summed E-state index contributed by atoms with van der Waals surface area (Å²) in [6.45, 7) is 16.1. The first-order chi connectivity index (χ1) is 11.9. The van der Waals surface area contributed by atoms with Crippen LogP contribution >= 0.6 is 0 Å². The molecule has 0 aliphatic heterocycles. The second kappa shape index (κ2) is 7.10. The predicted molar refractivity (Wildman–Crippen MR) is 108 cm³/mol. The molecule has 0 fully saturated rings. The van der Waals surface area contributed by atoms with E-state index in [2.05, 4.69) is 76.5 Å². The lowest BCUT2D eigenvalue weighted by atomic mass is 9.80. The van der Waals surface area contributed by atoms with Crippen LogP contribution in [0.3, 0.4) is 0 Å². The van der Waals surface area contributed by atoms with Crippen molar-refractivity contribution in [2.45, 2.75) is 59.3 Å². The van der Waals surface area contributed by atoms with Crippen LogP contribution in [0.2, 0.25) is 0 Å². The van der Waals surface area contributed by atoms with Crippen LogP contribution in [0.15, 0.2) is 36.5 Å². The van der Waals surface area contributed by atoms with Crippen LogP contribution in [0.5, 0.6) is 0 Å². The Morgan fingerprint density at radius 2 is 1.54 bits per heavy atom. The van der Waals surface area contributed by atoms with Crippen molar-refractivity contribution in [3.8, 4) is 0 Å². The van der Waals surface area contributed by atoms with Crippen molar-refractivity contribution < 1.29 is 9.90 Å². The number of nitrogens with zero attached hydrogens (tertiary/aromatic N) is 2. The highest BCUT2D eigenvalue weighted by Gasteiger charge is 2.22. The minimum absolute atomic E-state index is 0.0377. The largest absolute Gasteiger partial charge is 0.478 e. The zero-order valence-corrected chi connectivity index (χ0v) is 16.9. The fourth-order valence-corrected chi connectivity index (χ4v) is 2.78. The van der Waals surface area contributed by atoms with Crippen molar-refractivity contribution in [1.29, 1.82) is 0 Å². The summed E-state index contributed by atoms with van der Waals surface area (Å²) < 4.78 is 0. The van der Waals surface area contributed by atoms with Crippen LogP contribution in [-0.2, 0) is 10.8 Å². The molecule has 4 heteroatoms. The van der Waals surface area contributed by atoms with Crippen molar-refractivity contribution in [3.05, 3.63) is 53.2 Å². The fraction of sp³-hybridized carbons (Fsp3) is 0.455. The lowest BCUT2D eigenvalue weighted by molar-refractivity contribution is 0.0696. The van der Waals surface area contributed by atoms with Gasteiger partial charge >= 0.3 is 5.97 Å². The number of benzene rings is 1. The van der Waals surface area contributed by atoms with Gasteiger partial charge in [-0.3, -0.25) is 0 Å². The van der Waals surface area contributed by atoms with Gasteiger partial charge in [0.05, 0.1) is 5.56 Å². The maximum atomic E-state index is 11.1. The highest BCUT2D eigenvalue weighted by atomic mass is 16.4. The number of aromatic nitrogens is 1. The molecule has 1 aromatic heterocycles.